The van der Waals surface area contributed by atoms with Crippen LogP contribution in [0.15, 0.2) is 0 Å². The van der Waals surface area contributed by atoms with Crippen LogP contribution in [0.5, 0.6) is 0 Å². The standard InChI is InChI=1S/C9H20N2O2/c1-3-4-8(5-6-12)7-11-9(13)10-2/h8,12H,3-7H2,1-2H3,(H2,10,11,13). The Morgan fingerprint density at radius 1 is 1.46 bits per heavy atom. The van der Waals surface area contributed by atoms with Gasteiger partial charge in [0.05, 0.1) is 0 Å². The van der Waals surface area contributed by atoms with E-state index in [1.54, 1.807) is 7.05 Å². The highest BCUT2D eigenvalue weighted by Crippen LogP contribution is 2.08. The molecule has 78 valence electrons. The summed E-state index contributed by atoms with van der Waals surface area (Å²) >= 11 is 0. The van der Waals surface area contributed by atoms with Crippen molar-refractivity contribution >= 4 is 6.03 Å². The molecule has 0 heterocycles. The van der Waals surface area contributed by atoms with Gasteiger partial charge >= 0.3 is 6.03 Å². The summed E-state index contributed by atoms with van der Waals surface area (Å²) in [5.41, 5.74) is 0. The van der Waals surface area contributed by atoms with Crippen LogP contribution in [0, 0.1) is 5.92 Å². The van der Waals surface area contributed by atoms with Crippen LogP contribution in [-0.2, 0) is 0 Å². The highest BCUT2D eigenvalue weighted by molar-refractivity contribution is 5.73. The predicted octanol–water partition coefficient (Wildman–Crippen LogP) is 0.714. The van der Waals surface area contributed by atoms with Crippen LogP contribution in [0.1, 0.15) is 26.2 Å². The minimum absolute atomic E-state index is 0.154. The van der Waals surface area contributed by atoms with Gasteiger partial charge < -0.3 is 15.7 Å². The van der Waals surface area contributed by atoms with Crippen molar-refractivity contribution in [2.75, 3.05) is 20.2 Å². The molecule has 0 aromatic heterocycles. The van der Waals surface area contributed by atoms with Gasteiger partial charge in [-0.25, -0.2) is 4.79 Å². The lowest BCUT2D eigenvalue weighted by Crippen LogP contribution is -2.36. The van der Waals surface area contributed by atoms with Gasteiger partial charge in [0, 0.05) is 20.2 Å². The molecule has 1 unspecified atom stereocenters. The molecule has 3 N–H and O–H groups in total. The van der Waals surface area contributed by atoms with Gasteiger partial charge in [0.15, 0.2) is 0 Å². The molecule has 0 aliphatic carbocycles. The fraction of sp³-hybridized carbons (Fsp3) is 0.889. The second-order valence-electron chi connectivity index (χ2n) is 3.13. The quantitative estimate of drug-likeness (QED) is 0.575. The van der Waals surface area contributed by atoms with E-state index in [-0.39, 0.29) is 12.6 Å². The van der Waals surface area contributed by atoms with Crippen LogP contribution in [0.2, 0.25) is 0 Å². The van der Waals surface area contributed by atoms with Crippen molar-refractivity contribution in [2.24, 2.45) is 5.92 Å². The minimum Gasteiger partial charge on any atom is -0.396 e. The SMILES string of the molecule is CCCC(CCO)CNC(=O)NC. The van der Waals surface area contributed by atoms with E-state index in [1.165, 1.54) is 0 Å². The lowest BCUT2D eigenvalue weighted by Gasteiger charge is -2.15. The van der Waals surface area contributed by atoms with Crippen molar-refractivity contribution in [1.29, 1.82) is 0 Å². The Hall–Kier alpha value is -0.770. The Kier molecular flexibility index (Phi) is 7.39. The highest BCUT2D eigenvalue weighted by Gasteiger charge is 2.07. The van der Waals surface area contributed by atoms with Gasteiger partial charge in [-0.05, 0) is 18.8 Å². The van der Waals surface area contributed by atoms with Gasteiger partial charge in [-0.15, -0.1) is 0 Å². The summed E-state index contributed by atoms with van der Waals surface area (Å²) in [5.74, 6) is 0.396. The monoisotopic (exact) mass is 188 g/mol. The third-order valence-corrected chi connectivity index (χ3v) is 2.01. The van der Waals surface area contributed by atoms with Gasteiger partial charge in [-0.2, -0.15) is 0 Å². The van der Waals surface area contributed by atoms with Crippen molar-refractivity contribution in [2.45, 2.75) is 26.2 Å². The summed E-state index contributed by atoms with van der Waals surface area (Å²) in [6.07, 6.45) is 2.89. The molecule has 4 nitrogen and oxygen atoms in total. The zero-order chi connectivity index (χ0) is 10.1. The third-order valence-electron chi connectivity index (χ3n) is 2.01. The summed E-state index contributed by atoms with van der Waals surface area (Å²) in [5, 5.41) is 14.0. The van der Waals surface area contributed by atoms with Crippen molar-refractivity contribution in [3.63, 3.8) is 0 Å². The van der Waals surface area contributed by atoms with Crippen LogP contribution in [-0.4, -0.2) is 31.3 Å². The van der Waals surface area contributed by atoms with E-state index < -0.39 is 0 Å². The summed E-state index contributed by atoms with van der Waals surface area (Å²) in [7, 11) is 1.59. The van der Waals surface area contributed by atoms with Crippen LogP contribution in [0.25, 0.3) is 0 Å². The van der Waals surface area contributed by atoms with Crippen molar-refractivity contribution in [3.05, 3.63) is 0 Å². The highest BCUT2D eigenvalue weighted by atomic mass is 16.3. The summed E-state index contributed by atoms with van der Waals surface area (Å²) < 4.78 is 0. The first-order chi connectivity index (χ1) is 6.24. The van der Waals surface area contributed by atoms with E-state index >= 15 is 0 Å². The Morgan fingerprint density at radius 3 is 2.62 bits per heavy atom. The normalized spacial score (nSPS) is 12.2. The van der Waals surface area contributed by atoms with Gasteiger partial charge in [0.2, 0.25) is 0 Å². The van der Waals surface area contributed by atoms with E-state index in [4.69, 9.17) is 5.11 Å². The van der Waals surface area contributed by atoms with Gasteiger partial charge in [0.1, 0.15) is 0 Å². The molecule has 0 saturated carbocycles. The van der Waals surface area contributed by atoms with Crippen molar-refractivity contribution in [3.8, 4) is 0 Å². The molecule has 0 radical (unpaired) electrons. The molecule has 0 bridgehead atoms. The van der Waals surface area contributed by atoms with Gasteiger partial charge in [-0.1, -0.05) is 13.3 Å². The first kappa shape index (κ1) is 12.2. The average Bonchev–Trinajstić information content (AvgIpc) is 2.14. The van der Waals surface area contributed by atoms with E-state index in [0.29, 0.717) is 12.5 Å². The number of carbonyl (C=O) groups is 1. The van der Waals surface area contributed by atoms with Crippen LogP contribution in [0.3, 0.4) is 0 Å². The number of nitrogens with one attached hydrogen (secondary N) is 2. The smallest absolute Gasteiger partial charge is 0.314 e. The van der Waals surface area contributed by atoms with Crippen LogP contribution >= 0.6 is 0 Å². The van der Waals surface area contributed by atoms with E-state index in [1.807, 2.05) is 0 Å². The number of rotatable bonds is 6. The van der Waals surface area contributed by atoms with Crippen LogP contribution in [0.4, 0.5) is 4.79 Å². The molecule has 0 fully saturated rings. The molecule has 0 rings (SSSR count). The molecule has 0 saturated heterocycles. The molecule has 0 aliphatic heterocycles. The summed E-state index contributed by atoms with van der Waals surface area (Å²) in [4.78, 5) is 10.8. The molecule has 0 aromatic carbocycles. The number of aliphatic hydroxyl groups excluding tert-OH is 1. The maximum atomic E-state index is 10.8. The molecule has 0 spiro atoms. The third kappa shape index (κ3) is 6.40. The van der Waals surface area contributed by atoms with Crippen molar-refractivity contribution in [1.82, 2.24) is 10.6 Å². The number of amides is 2. The van der Waals surface area contributed by atoms with Crippen molar-refractivity contribution < 1.29 is 9.90 Å². The Morgan fingerprint density at radius 2 is 2.15 bits per heavy atom. The number of carbonyl (C=O) groups excluding carboxylic acids is 1. The number of hydrogen-bond acceptors (Lipinski definition) is 2. The molecule has 4 heteroatoms. The van der Waals surface area contributed by atoms with E-state index in [2.05, 4.69) is 17.6 Å². The molecule has 1 atom stereocenters. The Bertz CT molecular complexity index is 134. The number of aliphatic hydroxyl groups is 1. The van der Waals surface area contributed by atoms with Gasteiger partial charge in [-0.3, -0.25) is 0 Å². The lowest BCUT2D eigenvalue weighted by molar-refractivity contribution is 0.230. The molecule has 0 aliphatic rings. The molecule has 13 heavy (non-hydrogen) atoms. The molecular formula is C9H20N2O2. The summed E-state index contributed by atoms with van der Waals surface area (Å²) in [6.45, 7) is 2.94. The predicted molar refractivity (Wildman–Crippen MR) is 52.6 cm³/mol. The number of hydrogen-bond donors (Lipinski definition) is 3. The zero-order valence-electron chi connectivity index (χ0n) is 8.47. The fourth-order valence-electron chi connectivity index (χ4n) is 1.26. The average molecular weight is 188 g/mol. The van der Waals surface area contributed by atoms with Crippen LogP contribution < -0.4 is 10.6 Å². The summed E-state index contributed by atoms with van der Waals surface area (Å²) in [6, 6.07) is -0.154. The topological polar surface area (TPSA) is 61.4 Å². The maximum Gasteiger partial charge on any atom is 0.314 e. The first-order valence-corrected chi connectivity index (χ1v) is 4.81. The molecule has 2 amide bonds. The van der Waals surface area contributed by atoms with E-state index in [9.17, 15) is 4.79 Å². The fourth-order valence-corrected chi connectivity index (χ4v) is 1.26. The second kappa shape index (κ2) is 7.86. The minimum atomic E-state index is -0.154. The largest absolute Gasteiger partial charge is 0.396 e. The van der Waals surface area contributed by atoms with E-state index in [0.717, 1.165) is 19.3 Å². The van der Waals surface area contributed by atoms with Gasteiger partial charge in [0.25, 0.3) is 0 Å². The first-order valence-electron chi connectivity index (χ1n) is 4.81. The second-order valence-corrected chi connectivity index (χ2v) is 3.13. The Labute approximate surface area is 79.7 Å². The molecule has 0 aromatic rings. The molecular weight excluding hydrogens is 168 g/mol. The Balaban J connectivity index is 3.61. The lowest BCUT2D eigenvalue weighted by atomic mass is 10.0. The maximum absolute atomic E-state index is 10.8. The number of urea groups is 1. The zero-order valence-corrected chi connectivity index (χ0v) is 8.47.